The molecule has 0 saturated heterocycles. The van der Waals surface area contributed by atoms with Crippen molar-refractivity contribution < 1.29 is 9.53 Å². The lowest BCUT2D eigenvalue weighted by atomic mass is 10.1. The lowest BCUT2D eigenvalue weighted by Crippen LogP contribution is -2.45. The maximum absolute atomic E-state index is 12.8. The van der Waals surface area contributed by atoms with Gasteiger partial charge in [0.25, 0.3) is 0 Å². The van der Waals surface area contributed by atoms with E-state index in [1.807, 2.05) is 65.5 Å². The Morgan fingerprint density at radius 3 is 2.21 bits per heavy atom. The van der Waals surface area contributed by atoms with Crippen LogP contribution < -0.4 is 10.6 Å². The Balaban J connectivity index is 2.04. The number of nitrogens with two attached hydrogens (primary N) is 1. The van der Waals surface area contributed by atoms with Crippen molar-refractivity contribution in [3.8, 4) is 5.75 Å². The molecule has 1 amide bonds. The van der Waals surface area contributed by atoms with E-state index in [2.05, 4.69) is 16.3 Å². The molecule has 1 aromatic heterocycles. The highest BCUT2D eigenvalue weighted by Gasteiger charge is 2.27. The molecule has 0 spiro atoms. The number of hydrogen-bond acceptors (Lipinski definition) is 6. The van der Waals surface area contributed by atoms with Gasteiger partial charge >= 0.3 is 0 Å². The van der Waals surface area contributed by atoms with Gasteiger partial charge in [-0.25, -0.2) is 4.68 Å². The van der Waals surface area contributed by atoms with Gasteiger partial charge in [0.2, 0.25) is 11.1 Å². The van der Waals surface area contributed by atoms with Crippen molar-refractivity contribution in [2.45, 2.75) is 77.6 Å². The zero-order valence-corrected chi connectivity index (χ0v) is 18.6. The van der Waals surface area contributed by atoms with E-state index in [1.54, 1.807) is 0 Å². The number of hydrogen-bond donors (Lipinski definition) is 1. The van der Waals surface area contributed by atoms with E-state index in [9.17, 15) is 4.79 Å². The predicted octanol–water partition coefficient (Wildman–Crippen LogP) is 3.31. The van der Waals surface area contributed by atoms with Gasteiger partial charge in [0, 0.05) is 12.1 Å². The first kappa shape index (κ1) is 22.1. The Morgan fingerprint density at radius 2 is 1.68 bits per heavy atom. The standard InChI is InChI=1S/C20H31N5O2S/c1-12(2)24(13(3)4)19(26)16(7)28-20-23-22-18(25(20)21)11-27-17-9-14(5)8-15(6)10-17/h8-10,12-13,16H,11,21H2,1-7H3. The first-order valence-corrected chi connectivity index (χ1v) is 10.4. The summed E-state index contributed by atoms with van der Waals surface area (Å²) < 4.78 is 7.21. The third-order valence-electron chi connectivity index (χ3n) is 4.30. The molecule has 2 aromatic rings. The highest BCUT2D eigenvalue weighted by molar-refractivity contribution is 8.00. The zero-order chi connectivity index (χ0) is 21.0. The number of nitrogen functional groups attached to an aromatic ring is 1. The Kier molecular flexibility index (Phi) is 7.35. The number of carbonyl (C=O) groups excluding carboxylic acids is 1. The van der Waals surface area contributed by atoms with Crippen LogP contribution in [0.3, 0.4) is 0 Å². The second-order valence-electron chi connectivity index (χ2n) is 7.57. The quantitative estimate of drug-likeness (QED) is 0.536. The van der Waals surface area contributed by atoms with Crippen molar-refractivity contribution in [3.05, 3.63) is 35.2 Å². The first-order valence-electron chi connectivity index (χ1n) is 9.49. The minimum Gasteiger partial charge on any atom is -0.486 e. The van der Waals surface area contributed by atoms with E-state index in [4.69, 9.17) is 10.6 Å². The van der Waals surface area contributed by atoms with Crippen LogP contribution >= 0.6 is 11.8 Å². The highest BCUT2D eigenvalue weighted by Crippen LogP contribution is 2.24. The van der Waals surface area contributed by atoms with Crippen LogP contribution in [-0.2, 0) is 11.4 Å². The minimum absolute atomic E-state index is 0.0611. The molecular weight excluding hydrogens is 374 g/mol. The number of benzene rings is 1. The van der Waals surface area contributed by atoms with Crippen LogP contribution in [0.1, 0.15) is 51.6 Å². The second kappa shape index (κ2) is 9.32. The Hall–Kier alpha value is -2.22. The third kappa shape index (κ3) is 5.41. The van der Waals surface area contributed by atoms with Crippen molar-refractivity contribution in [2.24, 2.45) is 0 Å². The lowest BCUT2D eigenvalue weighted by Gasteiger charge is -2.32. The van der Waals surface area contributed by atoms with Crippen LogP contribution in [-0.4, -0.2) is 43.0 Å². The molecule has 7 nitrogen and oxygen atoms in total. The van der Waals surface area contributed by atoms with E-state index in [0.29, 0.717) is 11.0 Å². The number of ether oxygens (including phenoxy) is 1. The maximum atomic E-state index is 12.8. The largest absolute Gasteiger partial charge is 0.486 e. The van der Waals surface area contributed by atoms with E-state index >= 15 is 0 Å². The number of rotatable bonds is 8. The van der Waals surface area contributed by atoms with Crippen LogP contribution in [0.5, 0.6) is 5.75 Å². The molecule has 2 rings (SSSR count). The monoisotopic (exact) mass is 405 g/mol. The number of thioether (sulfide) groups is 1. The molecule has 8 heteroatoms. The number of aryl methyl sites for hydroxylation is 2. The summed E-state index contributed by atoms with van der Waals surface area (Å²) in [5, 5.41) is 8.43. The Morgan fingerprint density at radius 1 is 1.11 bits per heavy atom. The maximum Gasteiger partial charge on any atom is 0.236 e. The van der Waals surface area contributed by atoms with Crippen molar-refractivity contribution in [1.29, 1.82) is 0 Å². The average Bonchev–Trinajstić information content (AvgIpc) is 2.91. The average molecular weight is 406 g/mol. The molecule has 0 aliphatic heterocycles. The van der Waals surface area contributed by atoms with Gasteiger partial charge in [-0.1, -0.05) is 17.8 Å². The minimum atomic E-state index is -0.315. The molecule has 1 atom stereocenters. The summed E-state index contributed by atoms with van der Waals surface area (Å²) >= 11 is 1.31. The molecule has 0 fully saturated rings. The fourth-order valence-corrected chi connectivity index (χ4v) is 4.02. The number of amides is 1. The van der Waals surface area contributed by atoms with Gasteiger partial charge in [-0.2, -0.15) is 0 Å². The molecular formula is C20H31N5O2S. The van der Waals surface area contributed by atoms with E-state index in [1.165, 1.54) is 16.4 Å². The van der Waals surface area contributed by atoms with Crippen LogP contribution in [0.4, 0.5) is 0 Å². The fraction of sp³-hybridized carbons (Fsp3) is 0.550. The fourth-order valence-electron chi connectivity index (χ4n) is 3.17. The van der Waals surface area contributed by atoms with Crippen molar-refractivity contribution in [2.75, 3.05) is 5.84 Å². The predicted molar refractivity (Wildman–Crippen MR) is 113 cm³/mol. The summed E-state index contributed by atoms with van der Waals surface area (Å²) in [5.41, 5.74) is 2.26. The summed E-state index contributed by atoms with van der Waals surface area (Å²) in [5.74, 6) is 7.47. The van der Waals surface area contributed by atoms with Crippen LogP contribution in [0, 0.1) is 13.8 Å². The van der Waals surface area contributed by atoms with Crippen molar-refractivity contribution in [1.82, 2.24) is 19.8 Å². The van der Waals surface area contributed by atoms with Gasteiger partial charge in [-0.15, -0.1) is 10.2 Å². The van der Waals surface area contributed by atoms with E-state index in [-0.39, 0.29) is 29.8 Å². The van der Waals surface area contributed by atoms with Gasteiger partial charge in [0.1, 0.15) is 12.4 Å². The Bertz CT molecular complexity index is 791. The number of carbonyl (C=O) groups is 1. The van der Waals surface area contributed by atoms with Gasteiger partial charge in [0.05, 0.1) is 5.25 Å². The summed E-state index contributed by atoms with van der Waals surface area (Å²) in [6, 6.07) is 6.28. The van der Waals surface area contributed by atoms with Gasteiger partial charge in [0.15, 0.2) is 5.82 Å². The van der Waals surface area contributed by atoms with Crippen LogP contribution in [0.2, 0.25) is 0 Å². The molecule has 2 N–H and O–H groups in total. The molecule has 28 heavy (non-hydrogen) atoms. The van der Waals surface area contributed by atoms with Gasteiger partial charge < -0.3 is 15.5 Å². The smallest absolute Gasteiger partial charge is 0.236 e. The third-order valence-corrected chi connectivity index (χ3v) is 5.34. The SMILES string of the molecule is Cc1cc(C)cc(OCc2nnc(SC(C)C(=O)N(C(C)C)C(C)C)n2N)c1. The molecule has 0 aliphatic rings. The Labute approximate surface area is 171 Å². The van der Waals surface area contributed by atoms with Crippen molar-refractivity contribution >= 4 is 17.7 Å². The molecule has 154 valence electrons. The first-order chi connectivity index (χ1) is 13.1. The molecule has 0 radical (unpaired) electrons. The van der Waals surface area contributed by atoms with Crippen LogP contribution in [0.15, 0.2) is 23.4 Å². The molecule has 1 heterocycles. The second-order valence-corrected chi connectivity index (χ2v) is 8.88. The van der Waals surface area contributed by atoms with Gasteiger partial charge in [-0.3, -0.25) is 4.79 Å². The summed E-state index contributed by atoms with van der Waals surface area (Å²) in [4.78, 5) is 14.7. The molecule has 1 unspecified atom stereocenters. The zero-order valence-electron chi connectivity index (χ0n) is 17.8. The topological polar surface area (TPSA) is 86.3 Å². The van der Waals surface area contributed by atoms with Crippen molar-refractivity contribution in [3.63, 3.8) is 0 Å². The molecule has 0 bridgehead atoms. The molecule has 0 saturated carbocycles. The number of nitrogens with zero attached hydrogens (tertiary/aromatic N) is 4. The van der Waals surface area contributed by atoms with Gasteiger partial charge in [-0.05, 0) is 71.7 Å². The highest BCUT2D eigenvalue weighted by atomic mass is 32.2. The molecule has 0 aliphatic carbocycles. The molecule has 1 aromatic carbocycles. The number of aromatic nitrogens is 3. The van der Waals surface area contributed by atoms with Crippen LogP contribution in [0.25, 0.3) is 0 Å². The summed E-state index contributed by atoms with van der Waals surface area (Å²) in [6.45, 7) is 14.2. The van der Waals surface area contributed by atoms with E-state index < -0.39 is 0 Å². The van der Waals surface area contributed by atoms with E-state index in [0.717, 1.165) is 16.9 Å². The lowest BCUT2D eigenvalue weighted by molar-refractivity contribution is -0.133. The summed E-state index contributed by atoms with van der Waals surface area (Å²) in [7, 11) is 0. The summed E-state index contributed by atoms with van der Waals surface area (Å²) in [6.07, 6.45) is 0. The normalized spacial score (nSPS) is 12.5.